The van der Waals surface area contributed by atoms with Crippen molar-refractivity contribution >= 4 is 17.9 Å². The summed E-state index contributed by atoms with van der Waals surface area (Å²) in [5.41, 5.74) is -2.76. The largest absolute Gasteiger partial charge is 0.490 e. The lowest BCUT2D eigenvalue weighted by Crippen LogP contribution is -2.47. The number of esters is 1. The average molecular weight is 440 g/mol. The molecule has 0 spiro atoms. The first-order valence-corrected chi connectivity index (χ1v) is 10.1. The Bertz CT molecular complexity index is 848. The van der Waals surface area contributed by atoms with Gasteiger partial charge in [-0.05, 0) is 60.3 Å². The number of hydrogen-bond acceptors (Lipinski definition) is 6. The van der Waals surface area contributed by atoms with Crippen LogP contribution in [-0.2, 0) is 14.3 Å². The first-order chi connectivity index (χ1) is 14.2. The Morgan fingerprint density at radius 2 is 1.68 bits per heavy atom. The number of ether oxygens (including phenoxy) is 3. The summed E-state index contributed by atoms with van der Waals surface area (Å²) in [7, 11) is 0. The van der Waals surface area contributed by atoms with E-state index in [0.717, 1.165) is 12.1 Å². The van der Waals surface area contributed by atoms with E-state index in [9.17, 15) is 29.0 Å². The minimum Gasteiger partial charge on any atom is -0.490 e. The number of carboxylic acids is 2. The molecular formula is C22H29FO8. The number of carboxylic acid groups (broad SMARTS) is 2. The fourth-order valence-corrected chi connectivity index (χ4v) is 3.41. The van der Waals surface area contributed by atoms with Crippen LogP contribution >= 0.6 is 0 Å². The molecule has 0 radical (unpaired) electrons. The van der Waals surface area contributed by atoms with Crippen LogP contribution in [0.1, 0.15) is 70.7 Å². The van der Waals surface area contributed by atoms with Gasteiger partial charge in [0.15, 0.2) is 17.0 Å². The number of aromatic carboxylic acids is 1. The Hall–Kier alpha value is -2.84. The number of rotatable bonds is 7. The van der Waals surface area contributed by atoms with Crippen molar-refractivity contribution in [2.75, 3.05) is 0 Å². The van der Waals surface area contributed by atoms with Gasteiger partial charge in [0.25, 0.3) is 0 Å². The third-order valence-electron chi connectivity index (χ3n) is 4.91. The highest BCUT2D eigenvalue weighted by Crippen LogP contribution is 2.41. The van der Waals surface area contributed by atoms with Crippen molar-refractivity contribution in [3.05, 3.63) is 23.5 Å². The zero-order chi connectivity index (χ0) is 23.6. The van der Waals surface area contributed by atoms with Crippen LogP contribution in [0.25, 0.3) is 0 Å². The molecule has 172 valence electrons. The van der Waals surface area contributed by atoms with E-state index in [1.807, 2.05) is 0 Å². The standard InChI is InChI=1S/C22H29FO8/c1-12(2)29-16-11-15(23)17(10-14(16)18(24)25)30-13-6-8-22(9-7-13,19(26)27)20(28)31-21(3,4)5/h10-13H,6-9H2,1-5H3,(H,24,25)(H,26,27)/t13-,22+. The molecular weight excluding hydrogens is 411 g/mol. The summed E-state index contributed by atoms with van der Waals surface area (Å²) in [6, 6.07) is 2.02. The summed E-state index contributed by atoms with van der Waals surface area (Å²) in [6.07, 6.45) is -0.675. The molecule has 8 nitrogen and oxygen atoms in total. The van der Waals surface area contributed by atoms with Crippen LogP contribution in [0.4, 0.5) is 4.39 Å². The Morgan fingerprint density at radius 1 is 1.10 bits per heavy atom. The summed E-state index contributed by atoms with van der Waals surface area (Å²) in [4.78, 5) is 36.0. The second kappa shape index (κ2) is 9.11. The maximum Gasteiger partial charge on any atom is 0.339 e. The van der Waals surface area contributed by atoms with Gasteiger partial charge in [-0.2, -0.15) is 0 Å². The molecule has 0 amide bonds. The van der Waals surface area contributed by atoms with Crippen molar-refractivity contribution < 1.29 is 43.2 Å². The maximum absolute atomic E-state index is 14.5. The van der Waals surface area contributed by atoms with E-state index in [1.165, 1.54) is 0 Å². The molecule has 1 aromatic carbocycles. The van der Waals surface area contributed by atoms with Crippen LogP contribution in [-0.4, -0.2) is 45.9 Å². The second-order valence-electron chi connectivity index (χ2n) is 8.96. The van der Waals surface area contributed by atoms with Gasteiger partial charge in [0, 0.05) is 12.1 Å². The van der Waals surface area contributed by atoms with Crippen molar-refractivity contribution in [3.8, 4) is 11.5 Å². The van der Waals surface area contributed by atoms with Crippen molar-refractivity contribution in [1.82, 2.24) is 0 Å². The maximum atomic E-state index is 14.5. The predicted molar refractivity (Wildman–Crippen MR) is 108 cm³/mol. The normalized spacial score (nSPS) is 21.5. The lowest BCUT2D eigenvalue weighted by molar-refractivity contribution is -0.180. The van der Waals surface area contributed by atoms with Gasteiger partial charge in [0.05, 0.1) is 12.2 Å². The SMILES string of the molecule is CC(C)Oc1cc(F)c(O[C@H]2CC[C@@](C(=O)O)(C(=O)OC(C)(C)C)CC2)cc1C(=O)O. The zero-order valence-electron chi connectivity index (χ0n) is 18.4. The van der Waals surface area contributed by atoms with Gasteiger partial charge < -0.3 is 24.4 Å². The van der Waals surface area contributed by atoms with E-state index in [4.69, 9.17) is 14.2 Å². The summed E-state index contributed by atoms with van der Waals surface area (Å²) in [6.45, 7) is 8.35. The molecule has 0 saturated heterocycles. The molecule has 0 bridgehead atoms. The highest BCUT2D eigenvalue weighted by atomic mass is 19.1. The molecule has 1 aliphatic carbocycles. The molecule has 9 heteroatoms. The Labute approximate surface area is 180 Å². The zero-order valence-corrected chi connectivity index (χ0v) is 18.4. The first kappa shape index (κ1) is 24.4. The number of hydrogen-bond donors (Lipinski definition) is 2. The topological polar surface area (TPSA) is 119 Å². The number of halogens is 1. The van der Waals surface area contributed by atoms with Gasteiger partial charge in [0.1, 0.15) is 16.9 Å². The van der Waals surface area contributed by atoms with Crippen molar-refractivity contribution in [1.29, 1.82) is 0 Å². The summed E-state index contributed by atoms with van der Waals surface area (Å²) in [5.74, 6) is -4.53. The van der Waals surface area contributed by atoms with Crippen LogP contribution in [0.5, 0.6) is 11.5 Å². The molecule has 1 saturated carbocycles. The molecule has 2 rings (SSSR count). The lowest BCUT2D eigenvalue weighted by atomic mass is 9.73. The van der Waals surface area contributed by atoms with E-state index in [0.29, 0.717) is 0 Å². The minimum atomic E-state index is -1.69. The molecule has 0 aliphatic heterocycles. The van der Waals surface area contributed by atoms with Crippen LogP contribution in [0.3, 0.4) is 0 Å². The highest BCUT2D eigenvalue weighted by Gasteiger charge is 2.51. The van der Waals surface area contributed by atoms with Gasteiger partial charge in [-0.15, -0.1) is 0 Å². The van der Waals surface area contributed by atoms with Gasteiger partial charge in [-0.25, -0.2) is 9.18 Å². The van der Waals surface area contributed by atoms with Crippen LogP contribution in [0.15, 0.2) is 12.1 Å². The molecule has 1 aromatic rings. The van der Waals surface area contributed by atoms with Gasteiger partial charge in [-0.3, -0.25) is 9.59 Å². The van der Waals surface area contributed by atoms with E-state index < -0.39 is 40.8 Å². The van der Waals surface area contributed by atoms with E-state index in [-0.39, 0.29) is 48.8 Å². The molecule has 0 atom stereocenters. The molecule has 0 aromatic heterocycles. The lowest BCUT2D eigenvalue weighted by Gasteiger charge is -2.36. The molecule has 0 unspecified atom stereocenters. The fraction of sp³-hybridized carbons (Fsp3) is 0.591. The van der Waals surface area contributed by atoms with Crippen LogP contribution in [0, 0.1) is 11.2 Å². The quantitative estimate of drug-likeness (QED) is 0.481. The average Bonchev–Trinajstić information content (AvgIpc) is 2.62. The minimum absolute atomic E-state index is 0.0378. The van der Waals surface area contributed by atoms with Gasteiger partial charge in [-0.1, -0.05) is 0 Å². The highest BCUT2D eigenvalue weighted by molar-refractivity contribution is 5.99. The Balaban J connectivity index is 2.18. The number of carbonyl (C=O) groups is 3. The van der Waals surface area contributed by atoms with Crippen molar-refractivity contribution in [2.45, 2.75) is 78.1 Å². The molecule has 1 aliphatic rings. The number of benzene rings is 1. The van der Waals surface area contributed by atoms with Crippen LogP contribution in [0.2, 0.25) is 0 Å². The number of carbonyl (C=O) groups excluding carboxylic acids is 1. The number of aliphatic carboxylic acids is 1. The summed E-state index contributed by atoms with van der Waals surface area (Å²) >= 11 is 0. The predicted octanol–water partition coefficient (Wildman–Crippen LogP) is 4.05. The van der Waals surface area contributed by atoms with Crippen LogP contribution < -0.4 is 9.47 Å². The van der Waals surface area contributed by atoms with E-state index in [1.54, 1.807) is 34.6 Å². The fourth-order valence-electron chi connectivity index (χ4n) is 3.41. The van der Waals surface area contributed by atoms with Gasteiger partial charge in [0.2, 0.25) is 0 Å². The molecule has 2 N–H and O–H groups in total. The third kappa shape index (κ3) is 5.86. The smallest absolute Gasteiger partial charge is 0.339 e. The molecule has 0 heterocycles. The Kier molecular flexibility index (Phi) is 7.18. The monoisotopic (exact) mass is 440 g/mol. The van der Waals surface area contributed by atoms with Gasteiger partial charge >= 0.3 is 17.9 Å². The summed E-state index contributed by atoms with van der Waals surface area (Å²) < 4.78 is 30.8. The first-order valence-electron chi connectivity index (χ1n) is 10.1. The van der Waals surface area contributed by atoms with E-state index >= 15 is 0 Å². The van der Waals surface area contributed by atoms with E-state index in [2.05, 4.69) is 0 Å². The third-order valence-corrected chi connectivity index (χ3v) is 4.91. The van der Waals surface area contributed by atoms with Crippen molar-refractivity contribution in [3.63, 3.8) is 0 Å². The summed E-state index contributed by atoms with van der Waals surface area (Å²) in [5, 5.41) is 19.1. The second-order valence-corrected chi connectivity index (χ2v) is 8.96. The molecule has 31 heavy (non-hydrogen) atoms. The Morgan fingerprint density at radius 3 is 2.13 bits per heavy atom. The molecule has 1 fully saturated rings. The van der Waals surface area contributed by atoms with Crippen molar-refractivity contribution in [2.24, 2.45) is 5.41 Å².